The summed E-state index contributed by atoms with van der Waals surface area (Å²) < 4.78 is 46.9. The summed E-state index contributed by atoms with van der Waals surface area (Å²) in [5, 5.41) is 15.9. The number of rotatable bonds is 7. The third kappa shape index (κ3) is 5.78. The molecule has 3 aliphatic rings. The molecule has 0 spiro atoms. The van der Waals surface area contributed by atoms with Gasteiger partial charge in [-0.3, -0.25) is 9.59 Å². The van der Waals surface area contributed by atoms with Gasteiger partial charge in [-0.25, -0.2) is 0 Å². The van der Waals surface area contributed by atoms with Gasteiger partial charge < -0.3 is 30.4 Å². The minimum atomic E-state index is -4.51. The zero-order valence-electron chi connectivity index (χ0n) is 21.9. The van der Waals surface area contributed by atoms with E-state index in [1.807, 2.05) is 0 Å². The van der Waals surface area contributed by atoms with Gasteiger partial charge in [-0.15, -0.1) is 0 Å². The normalized spacial score (nSPS) is 20.8. The molecule has 3 heterocycles. The molecular weight excluding hydrogens is 513 g/mol. The number of aromatic amines is 1. The first-order chi connectivity index (χ1) is 18.5. The van der Waals surface area contributed by atoms with Crippen molar-refractivity contribution < 1.29 is 32.6 Å². The van der Waals surface area contributed by atoms with Gasteiger partial charge in [-0.1, -0.05) is 0 Å². The Balaban J connectivity index is 1.37. The zero-order valence-corrected chi connectivity index (χ0v) is 21.9. The van der Waals surface area contributed by atoms with Gasteiger partial charge in [0, 0.05) is 42.2 Å². The van der Waals surface area contributed by atoms with E-state index in [4.69, 9.17) is 4.74 Å². The molecule has 39 heavy (non-hydrogen) atoms. The van der Waals surface area contributed by atoms with E-state index in [9.17, 15) is 27.9 Å². The fourth-order valence-electron chi connectivity index (χ4n) is 5.26. The topological polar surface area (TPSA) is 107 Å². The Morgan fingerprint density at radius 3 is 2.51 bits per heavy atom. The quantitative estimate of drug-likeness (QED) is 0.424. The van der Waals surface area contributed by atoms with Gasteiger partial charge in [0.05, 0.1) is 29.5 Å². The number of likely N-dealkylation sites (tertiary alicyclic amines) is 1. The fourth-order valence-corrected chi connectivity index (χ4v) is 5.26. The number of nitrogens with one attached hydrogen (secondary N) is 3. The van der Waals surface area contributed by atoms with E-state index in [0.717, 1.165) is 25.0 Å². The summed E-state index contributed by atoms with van der Waals surface area (Å²) in [5.41, 5.74) is 1.71. The number of H-pyrrole nitrogens is 1. The average Bonchev–Trinajstić information content (AvgIpc) is 3.60. The van der Waals surface area contributed by atoms with Crippen LogP contribution in [0.5, 0.6) is 5.75 Å². The van der Waals surface area contributed by atoms with Gasteiger partial charge in [0.25, 0.3) is 11.8 Å². The van der Waals surface area contributed by atoms with E-state index >= 15 is 0 Å². The van der Waals surface area contributed by atoms with Crippen LogP contribution in [0.15, 0.2) is 36.2 Å². The number of allylic oxidation sites excluding steroid dienone is 1. The number of carbonyl (C=O) groups excluding carboxylic acids is 2. The smallest absolute Gasteiger partial charge is 0.416 e. The Morgan fingerprint density at radius 1 is 1.15 bits per heavy atom. The molecule has 2 amide bonds. The number of aliphatic hydroxyl groups excluding tert-OH is 1. The van der Waals surface area contributed by atoms with Gasteiger partial charge in [-0.2, -0.15) is 13.2 Å². The fraction of sp³-hybridized carbons (Fsp3) is 0.500. The standard InChI is InChI=1S/C28H33F3N4O4/c1-15-23(26(37)34-19-8-11-35(12-9-19)27(38)16(2)36)25-20(7-10-32-25)24(33-15)21-13-18(28(29,30)31)5-6-22(21)39-14-17-3-4-17/h5-7,10,13,16-17,19,24,32-33,36H,3-4,8-9,11-12,14H2,1-2H3,(H,34,37)/t16-,24?/m0/s1. The lowest BCUT2D eigenvalue weighted by molar-refractivity contribution is -0.140. The number of halogens is 3. The van der Waals surface area contributed by atoms with Crippen molar-refractivity contribution in [2.45, 2.75) is 63.9 Å². The first-order valence-corrected chi connectivity index (χ1v) is 13.3. The van der Waals surface area contributed by atoms with Crippen LogP contribution in [0.4, 0.5) is 13.2 Å². The minimum absolute atomic E-state index is 0.155. The average molecular weight is 547 g/mol. The number of ether oxygens (including phenoxy) is 1. The number of fused-ring (bicyclic) bond motifs is 1. The van der Waals surface area contributed by atoms with Crippen LogP contribution >= 0.6 is 0 Å². The highest BCUT2D eigenvalue weighted by Crippen LogP contribution is 2.42. The molecule has 1 aromatic heterocycles. The number of aliphatic hydroxyl groups is 1. The lowest BCUT2D eigenvalue weighted by Gasteiger charge is -2.34. The van der Waals surface area contributed by atoms with E-state index in [1.54, 1.807) is 24.1 Å². The van der Waals surface area contributed by atoms with Gasteiger partial charge in [0.1, 0.15) is 11.9 Å². The van der Waals surface area contributed by atoms with E-state index in [2.05, 4.69) is 15.6 Å². The third-order valence-corrected chi connectivity index (χ3v) is 7.62. The molecule has 1 unspecified atom stereocenters. The van der Waals surface area contributed by atoms with Gasteiger partial charge in [-0.05, 0) is 69.7 Å². The van der Waals surface area contributed by atoms with Crippen LogP contribution in [0.3, 0.4) is 0 Å². The number of alkyl halides is 3. The predicted molar refractivity (Wildman–Crippen MR) is 137 cm³/mol. The first-order valence-electron chi connectivity index (χ1n) is 13.3. The summed E-state index contributed by atoms with van der Waals surface area (Å²) in [6.07, 6.45) is -0.695. The lowest BCUT2D eigenvalue weighted by atomic mass is 9.89. The van der Waals surface area contributed by atoms with Gasteiger partial charge in [0.15, 0.2) is 0 Å². The minimum Gasteiger partial charge on any atom is -0.493 e. The molecule has 0 bridgehead atoms. The Hall–Kier alpha value is -3.47. The second-order valence-corrected chi connectivity index (χ2v) is 10.6. The first kappa shape index (κ1) is 27.1. The van der Waals surface area contributed by atoms with Crippen molar-refractivity contribution >= 4 is 17.4 Å². The van der Waals surface area contributed by atoms with E-state index in [1.165, 1.54) is 13.0 Å². The number of hydrogen-bond donors (Lipinski definition) is 4. The van der Waals surface area contributed by atoms with Crippen LogP contribution in [0.1, 0.15) is 68.0 Å². The summed E-state index contributed by atoms with van der Waals surface area (Å²) in [5.74, 6) is 0.179. The van der Waals surface area contributed by atoms with Crippen molar-refractivity contribution in [3.63, 3.8) is 0 Å². The van der Waals surface area contributed by atoms with Crippen molar-refractivity contribution in [3.8, 4) is 5.75 Å². The van der Waals surface area contributed by atoms with E-state index in [0.29, 0.717) is 72.3 Å². The van der Waals surface area contributed by atoms with E-state index in [-0.39, 0.29) is 17.9 Å². The molecule has 0 radical (unpaired) electrons. The highest BCUT2D eigenvalue weighted by Gasteiger charge is 2.36. The summed E-state index contributed by atoms with van der Waals surface area (Å²) in [7, 11) is 0. The summed E-state index contributed by atoms with van der Waals surface area (Å²) in [6.45, 7) is 4.48. The Morgan fingerprint density at radius 2 is 1.87 bits per heavy atom. The van der Waals surface area contributed by atoms with Gasteiger partial charge in [0.2, 0.25) is 0 Å². The molecule has 210 valence electrons. The number of amides is 2. The number of nitrogens with zero attached hydrogens (tertiary/aromatic N) is 1. The number of hydrogen-bond acceptors (Lipinski definition) is 5. The summed E-state index contributed by atoms with van der Waals surface area (Å²) in [6, 6.07) is 4.50. The van der Waals surface area contributed by atoms with E-state index < -0.39 is 23.9 Å². The molecule has 8 nitrogen and oxygen atoms in total. The number of carbonyl (C=O) groups is 2. The summed E-state index contributed by atoms with van der Waals surface area (Å²) >= 11 is 0. The largest absolute Gasteiger partial charge is 0.493 e. The number of benzene rings is 1. The van der Waals surface area contributed by atoms with Crippen LogP contribution in [0.2, 0.25) is 0 Å². The molecule has 2 fully saturated rings. The predicted octanol–water partition coefficient (Wildman–Crippen LogP) is 3.73. The van der Waals surface area contributed by atoms with Crippen LogP contribution in [-0.2, 0) is 15.8 Å². The highest BCUT2D eigenvalue weighted by atomic mass is 19.4. The molecule has 2 aromatic rings. The molecule has 1 aliphatic carbocycles. The molecule has 1 saturated carbocycles. The molecule has 1 aromatic carbocycles. The lowest BCUT2D eigenvalue weighted by Crippen LogP contribution is -2.49. The maximum Gasteiger partial charge on any atom is 0.416 e. The Labute approximate surface area is 224 Å². The molecular formula is C28H33F3N4O4. The molecule has 2 atom stereocenters. The van der Waals surface area contributed by atoms with Crippen molar-refractivity contribution in [2.75, 3.05) is 19.7 Å². The van der Waals surface area contributed by atoms with Gasteiger partial charge >= 0.3 is 6.18 Å². The zero-order chi connectivity index (χ0) is 27.9. The molecule has 2 aliphatic heterocycles. The van der Waals surface area contributed by atoms with Crippen molar-refractivity contribution in [1.82, 2.24) is 20.5 Å². The highest BCUT2D eigenvalue weighted by molar-refractivity contribution is 6.20. The van der Waals surface area contributed by atoms with Crippen LogP contribution in [0.25, 0.3) is 5.57 Å². The molecule has 4 N–H and O–H groups in total. The SMILES string of the molecule is CC1=C(C(=O)NC2CCN(C(=O)[C@H](C)O)CC2)c2[nH]ccc2C(c2cc(C(F)(F)F)ccc2OCC2CC2)N1. The Bertz CT molecular complexity index is 1270. The number of aromatic nitrogens is 1. The molecule has 11 heteroatoms. The van der Waals surface area contributed by atoms with Crippen LogP contribution in [0, 0.1) is 5.92 Å². The van der Waals surface area contributed by atoms with Crippen molar-refractivity contribution in [1.29, 1.82) is 0 Å². The molecule has 1 saturated heterocycles. The van der Waals surface area contributed by atoms with Crippen molar-refractivity contribution in [3.05, 3.63) is 58.5 Å². The maximum absolute atomic E-state index is 13.6. The monoisotopic (exact) mass is 546 g/mol. The van der Waals surface area contributed by atoms with Crippen LogP contribution in [-0.4, -0.2) is 58.6 Å². The van der Waals surface area contributed by atoms with Crippen LogP contribution < -0.4 is 15.4 Å². The molecule has 5 rings (SSSR count). The third-order valence-electron chi connectivity index (χ3n) is 7.62. The second-order valence-electron chi connectivity index (χ2n) is 10.6. The summed E-state index contributed by atoms with van der Waals surface area (Å²) in [4.78, 5) is 30.2. The Kier molecular flexibility index (Phi) is 7.37. The number of piperidine rings is 1. The van der Waals surface area contributed by atoms with Crippen molar-refractivity contribution in [2.24, 2.45) is 5.92 Å². The maximum atomic E-state index is 13.6. The second kappa shape index (κ2) is 10.6.